The van der Waals surface area contributed by atoms with Crippen LogP contribution in [0.1, 0.15) is 19.8 Å². The molecule has 1 amide bonds. The number of nitrogens with one attached hydrogen (secondary N) is 3. The number of fused-ring (bicyclic) bond motifs is 2. The van der Waals surface area contributed by atoms with Gasteiger partial charge in [-0.15, -0.1) is 0 Å². The van der Waals surface area contributed by atoms with E-state index in [1.54, 1.807) is 37.3 Å². The van der Waals surface area contributed by atoms with Gasteiger partial charge in [0.25, 0.3) is 0 Å². The molecule has 0 spiro atoms. The molecule has 35 heavy (non-hydrogen) atoms. The van der Waals surface area contributed by atoms with Gasteiger partial charge in [0.15, 0.2) is 5.65 Å². The van der Waals surface area contributed by atoms with Crippen molar-refractivity contribution in [3.63, 3.8) is 0 Å². The van der Waals surface area contributed by atoms with E-state index in [0.717, 1.165) is 56.5 Å². The number of aromatic amines is 2. The second kappa shape index (κ2) is 8.53. The summed E-state index contributed by atoms with van der Waals surface area (Å²) in [5, 5.41) is 12.3. The molecule has 0 bridgehead atoms. The Labute approximate surface area is 199 Å². The Hall–Kier alpha value is -4.79. The molecule has 6 heterocycles. The molecular weight excluding hydrogens is 442 g/mol. The SMILES string of the molecule is CCCC(=O)Nc1cncc(-c2cnc3[nH]nc(-c4cc5c(-c6ccoc6)nccc5[nH]4)c3c2)c1. The number of aromatic nitrogens is 6. The smallest absolute Gasteiger partial charge is 0.224 e. The Morgan fingerprint density at radius 3 is 2.77 bits per heavy atom. The minimum atomic E-state index is -0.0276. The van der Waals surface area contributed by atoms with Crippen molar-refractivity contribution in [1.82, 2.24) is 30.1 Å². The van der Waals surface area contributed by atoms with Crippen molar-refractivity contribution >= 4 is 33.5 Å². The van der Waals surface area contributed by atoms with Crippen molar-refractivity contribution in [3.8, 4) is 33.8 Å². The highest BCUT2D eigenvalue weighted by atomic mass is 16.3. The zero-order valence-electron chi connectivity index (χ0n) is 18.9. The fourth-order valence-electron chi connectivity index (χ4n) is 4.19. The van der Waals surface area contributed by atoms with Gasteiger partial charge in [-0.3, -0.25) is 19.9 Å². The molecule has 6 rings (SSSR count). The molecule has 0 aliphatic rings. The largest absolute Gasteiger partial charge is 0.472 e. The van der Waals surface area contributed by atoms with E-state index in [2.05, 4.69) is 35.5 Å². The monoisotopic (exact) mass is 463 g/mol. The molecule has 6 aromatic heterocycles. The number of pyridine rings is 3. The van der Waals surface area contributed by atoms with Gasteiger partial charge in [-0.25, -0.2) is 4.98 Å². The summed E-state index contributed by atoms with van der Waals surface area (Å²) in [4.78, 5) is 28.9. The second-order valence-electron chi connectivity index (χ2n) is 8.27. The Balaban J connectivity index is 1.40. The molecule has 0 atom stereocenters. The summed E-state index contributed by atoms with van der Waals surface area (Å²) in [7, 11) is 0. The summed E-state index contributed by atoms with van der Waals surface area (Å²) < 4.78 is 5.25. The Kier molecular flexibility index (Phi) is 5.07. The maximum Gasteiger partial charge on any atom is 0.224 e. The number of H-pyrrole nitrogens is 2. The van der Waals surface area contributed by atoms with Crippen LogP contribution in [-0.2, 0) is 4.79 Å². The molecule has 0 aromatic carbocycles. The number of hydrogen-bond donors (Lipinski definition) is 3. The first kappa shape index (κ1) is 20.8. The van der Waals surface area contributed by atoms with Crippen LogP contribution in [0.2, 0.25) is 0 Å². The number of carbonyl (C=O) groups is 1. The van der Waals surface area contributed by atoms with Gasteiger partial charge in [-0.1, -0.05) is 6.92 Å². The fourth-order valence-corrected chi connectivity index (χ4v) is 4.19. The third-order valence-electron chi connectivity index (χ3n) is 5.85. The van der Waals surface area contributed by atoms with Crippen LogP contribution in [0.3, 0.4) is 0 Å². The first-order valence-corrected chi connectivity index (χ1v) is 11.3. The number of amides is 1. The van der Waals surface area contributed by atoms with Gasteiger partial charge in [-0.2, -0.15) is 5.10 Å². The van der Waals surface area contributed by atoms with E-state index in [4.69, 9.17) is 4.42 Å². The molecule has 0 saturated heterocycles. The van der Waals surface area contributed by atoms with Crippen molar-refractivity contribution in [2.24, 2.45) is 0 Å². The van der Waals surface area contributed by atoms with Gasteiger partial charge in [-0.05, 0) is 36.8 Å². The molecule has 172 valence electrons. The number of anilines is 1. The van der Waals surface area contributed by atoms with Gasteiger partial charge in [0, 0.05) is 58.0 Å². The lowest BCUT2D eigenvalue weighted by Gasteiger charge is -2.07. The molecule has 0 aliphatic heterocycles. The highest BCUT2D eigenvalue weighted by molar-refractivity contribution is 6.00. The number of rotatable bonds is 6. The van der Waals surface area contributed by atoms with Crippen molar-refractivity contribution in [2.45, 2.75) is 19.8 Å². The summed E-state index contributed by atoms with van der Waals surface area (Å²) in [6.45, 7) is 1.97. The number of nitrogens with zero attached hydrogens (tertiary/aromatic N) is 4. The van der Waals surface area contributed by atoms with Gasteiger partial charge >= 0.3 is 0 Å². The van der Waals surface area contributed by atoms with E-state index in [9.17, 15) is 4.79 Å². The second-order valence-corrected chi connectivity index (χ2v) is 8.27. The molecule has 6 aromatic rings. The topological polar surface area (TPSA) is 125 Å². The van der Waals surface area contributed by atoms with E-state index in [0.29, 0.717) is 17.8 Å². The summed E-state index contributed by atoms with van der Waals surface area (Å²) in [5.41, 5.74) is 7.36. The minimum absolute atomic E-state index is 0.0276. The first-order valence-electron chi connectivity index (χ1n) is 11.3. The average Bonchev–Trinajstić information content (AvgIpc) is 3.63. The summed E-state index contributed by atoms with van der Waals surface area (Å²) in [5.74, 6) is -0.0276. The molecule has 0 saturated carbocycles. The molecule has 0 radical (unpaired) electrons. The number of furan rings is 1. The highest BCUT2D eigenvalue weighted by Gasteiger charge is 2.16. The molecule has 9 heteroatoms. The Morgan fingerprint density at radius 2 is 1.91 bits per heavy atom. The third kappa shape index (κ3) is 3.82. The summed E-state index contributed by atoms with van der Waals surface area (Å²) >= 11 is 0. The van der Waals surface area contributed by atoms with Crippen LogP contribution < -0.4 is 5.32 Å². The minimum Gasteiger partial charge on any atom is -0.472 e. The zero-order chi connectivity index (χ0) is 23.8. The lowest BCUT2D eigenvalue weighted by atomic mass is 10.1. The lowest BCUT2D eigenvalue weighted by Crippen LogP contribution is -2.10. The molecule has 3 N–H and O–H groups in total. The van der Waals surface area contributed by atoms with Crippen molar-refractivity contribution in [2.75, 3.05) is 5.32 Å². The molecule has 9 nitrogen and oxygen atoms in total. The number of carbonyl (C=O) groups excluding carboxylic acids is 1. The van der Waals surface area contributed by atoms with Crippen LogP contribution in [0.5, 0.6) is 0 Å². The van der Waals surface area contributed by atoms with Crippen LogP contribution in [0, 0.1) is 0 Å². The zero-order valence-corrected chi connectivity index (χ0v) is 18.9. The maximum absolute atomic E-state index is 12.0. The fraction of sp³-hybridized carbons (Fsp3) is 0.115. The normalized spacial score (nSPS) is 11.3. The average molecular weight is 464 g/mol. The van der Waals surface area contributed by atoms with E-state index in [1.165, 1.54) is 0 Å². The van der Waals surface area contributed by atoms with Crippen molar-refractivity contribution in [3.05, 3.63) is 67.6 Å². The maximum atomic E-state index is 12.0. The standard InChI is InChI=1S/C26H21N7O2/c1-2-3-23(34)30-18-8-16(11-27-13-18)17-9-20-25(32-33-26(20)29-12-17)22-10-19-21(31-22)4-6-28-24(19)15-5-7-35-14-15/h4-14,31H,2-3H2,1H3,(H,30,34)(H,29,32,33). The van der Waals surface area contributed by atoms with Crippen molar-refractivity contribution < 1.29 is 9.21 Å². The van der Waals surface area contributed by atoms with Crippen LogP contribution in [0.15, 0.2) is 72.1 Å². The first-order chi connectivity index (χ1) is 17.2. The van der Waals surface area contributed by atoms with Crippen LogP contribution in [0.4, 0.5) is 5.69 Å². The van der Waals surface area contributed by atoms with Crippen molar-refractivity contribution in [1.29, 1.82) is 0 Å². The van der Waals surface area contributed by atoms with Gasteiger partial charge in [0.1, 0.15) is 5.69 Å². The molecular formula is C26H21N7O2. The summed E-state index contributed by atoms with van der Waals surface area (Å²) in [6, 6.07) is 9.79. The predicted molar refractivity (Wildman–Crippen MR) is 133 cm³/mol. The van der Waals surface area contributed by atoms with E-state index in [-0.39, 0.29) is 5.91 Å². The quantitative estimate of drug-likeness (QED) is 0.297. The van der Waals surface area contributed by atoms with E-state index < -0.39 is 0 Å². The van der Waals surface area contributed by atoms with Gasteiger partial charge < -0.3 is 14.7 Å². The summed E-state index contributed by atoms with van der Waals surface area (Å²) in [6.07, 6.45) is 11.5. The van der Waals surface area contributed by atoms with E-state index in [1.807, 2.05) is 37.3 Å². The van der Waals surface area contributed by atoms with Gasteiger partial charge in [0.2, 0.25) is 5.91 Å². The predicted octanol–water partition coefficient (Wildman–Crippen LogP) is 5.56. The van der Waals surface area contributed by atoms with Gasteiger partial charge in [0.05, 0.1) is 35.8 Å². The molecule has 0 unspecified atom stereocenters. The van der Waals surface area contributed by atoms with Crippen LogP contribution in [-0.4, -0.2) is 36.0 Å². The highest BCUT2D eigenvalue weighted by Crippen LogP contribution is 2.34. The lowest BCUT2D eigenvalue weighted by molar-refractivity contribution is -0.116. The Morgan fingerprint density at radius 1 is 1.00 bits per heavy atom. The van der Waals surface area contributed by atoms with E-state index >= 15 is 0 Å². The third-order valence-corrected chi connectivity index (χ3v) is 5.85. The Bertz CT molecular complexity index is 1660. The number of hydrogen-bond acceptors (Lipinski definition) is 6. The molecule has 0 aliphatic carbocycles. The van der Waals surface area contributed by atoms with Crippen LogP contribution >= 0.6 is 0 Å². The van der Waals surface area contributed by atoms with Crippen LogP contribution in [0.25, 0.3) is 55.7 Å². The molecule has 0 fully saturated rings.